The molecule has 1 aromatic heterocycles. The topological polar surface area (TPSA) is 42.3 Å². The minimum atomic E-state index is 0.00353. The van der Waals surface area contributed by atoms with E-state index in [1.807, 2.05) is 35.1 Å². The van der Waals surface area contributed by atoms with E-state index in [9.17, 15) is 0 Å². The number of hydrogen-bond donors (Lipinski definition) is 1. The first-order valence-electron chi connectivity index (χ1n) is 8.11. The molecule has 1 atom stereocenters. The molecule has 6 heteroatoms. The van der Waals surface area contributed by atoms with Gasteiger partial charge in [0.1, 0.15) is 0 Å². The third-order valence-corrected chi connectivity index (χ3v) is 4.98. The van der Waals surface area contributed by atoms with Crippen LogP contribution in [0.5, 0.6) is 0 Å². The van der Waals surface area contributed by atoms with Crippen molar-refractivity contribution < 1.29 is 4.74 Å². The summed E-state index contributed by atoms with van der Waals surface area (Å²) in [6.07, 6.45) is 3.06. The average molecular weight is 333 g/mol. The van der Waals surface area contributed by atoms with E-state index >= 15 is 0 Å². The maximum atomic E-state index is 6.24. The predicted molar refractivity (Wildman–Crippen MR) is 90.0 cm³/mol. The summed E-state index contributed by atoms with van der Waals surface area (Å²) in [6, 6.07) is 9.83. The second kappa shape index (κ2) is 6.24. The number of benzene rings is 1. The van der Waals surface area contributed by atoms with Crippen molar-refractivity contribution in [3.05, 3.63) is 47.2 Å². The molecular weight excluding hydrogens is 312 g/mol. The first-order valence-corrected chi connectivity index (χ1v) is 8.48. The molecule has 0 bridgehead atoms. The fourth-order valence-corrected chi connectivity index (χ4v) is 3.70. The molecule has 2 saturated heterocycles. The lowest BCUT2D eigenvalue weighted by Crippen LogP contribution is -2.51. The number of halogens is 1. The molecule has 3 heterocycles. The van der Waals surface area contributed by atoms with Gasteiger partial charge in [0.2, 0.25) is 0 Å². The number of morpholine rings is 1. The molecule has 23 heavy (non-hydrogen) atoms. The van der Waals surface area contributed by atoms with Crippen LogP contribution < -0.4 is 5.32 Å². The number of rotatable bonds is 3. The highest BCUT2D eigenvalue weighted by molar-refractivity contribution is 6.32. The molecule has 0 amide bonds. The monoisotopic (exact) mass is 332 g/mol. The van der Waals surface area contributed by atoms with Gasteiger partial charge in [-0.2, -0.15) is 5.10 Å². The molecule has 122 valence electrons. The third kappa shape index (κ3) is 3.15. The van der Waals surface area contributed by atoms with Crippen molar-refractivity contribution in [2.75, 3.05) is 32.8 Å². The van der Waals surface area contributed by atoms with E-state index in [-0.39, 0.29) is 5.60 Å². The third-order valence-electron chi connectivity index (χ3n) is 4.66. The zero-order valence-corrected chi connectivity index (χ0v) is 13.8. The Morgan fingerprint density at radius 2 is 2.22 bits per heavy atom. The lowest BCUT2D eigenvalue weighted by molar-refractivity contribution is -0.0576. The molecule has 0 saturated carbocycles. The van der Waals surface area contributed by atoms with Crippen LogP contribution in [-0.2, 0) is 11.3 Å². The Hall–Kier alpha value is -1.40. The zero-order chi connectivity index (χ0) is 15.7. The fourth-order valence-electron chi connectivity index (χ4n) is 3.48. The summed E-state index contributed by atoms with van der Waals surface area (Å²) in [6.45, 7) is 5.61. The van der Waals surface area contributed by atoms with Gasteiger partial charge in [0.25, 0.3) is 0 Å². The van der Waals surface area contributed by atoms with Gasteiger partial charge in [-0.3, -0.25) is 4.90 Å². The Balaban J connectivity index is 1.44. The molecule has 5 nitrogen and oxygen atoms in total. The summed E-state index contributed by atoms with van der Waals surface area (Å²) >= 11 is 6.24. The van der Waals surface area contributed by atoms with E-state index in [2.05, 4.69) is 21.4 Å². The highest BCUT2D eigenvalue weighted by Gasteiger charge is 2.40. The van der Waals surface area contributed by atoms with Crippen LogP contribution in [0.25, 0.3) is 5.69 Å². The predicted octanol–water partition coefficient (Wildman–Crippen LogP) is 2.09. The summed E-state index contributed by atoms with van der Waals surface area (Å²) in [4.78, 5) is 2.42. The van der Waals surface area contributed by atoms with E-state index < -0.39 is 0 Å². The van der Waals surface area contributed by atoms with E-state index in [0.29, 0.717) is 5.02 Å². The van der Waals surface area contributed by atoms with Gasteiger partial charge in [-0.15, -0.1) is 0 Å². The Kier molecular flexibility index (Phi) is 4.11. The Labute approximate surface area is 141 Å². The van der Waals surface area contributed by atoms with Gasteiger partial charge in [-0.05, 0) is 24.6 Å². The van der Waals surface area contributed by atoms with Crippen LogP contribution in [0, 0.1) is 0 Å². The van der Waals surface area contributed by atoms with Gasteiger partial charge >= 0.3 is 0 Å². The largest absolute Gasteiger partial charge is 0.371 e. The van der Waals surface area contributed by atoms with Crippen molar-refractivity contribution >= 4 is 11.6 Å². The summed E-state index contributed by atoms with van der Waals surface area (Å²) in [5.41, 5.74) is 1.98. The second-order valence-electron chi connectivity index (χ2n) is 6.37. The van der Waals surface area contributed by atoms with Gasteiger partial charge in [-0.1, -0.05) is 23.7 Å². The average Bonchev–Trinajstić information content (AvgIpc) is 3.17. The number of hydrogen-bond acceptors (Lipinski definition) is 4. The summed E-state index contributed by atoms with van der Waals surface area (Å²) in [5, 5.41) is 8.83. The summed E-state index contributed by atoms with van der Waals surface area (Å²) in [7, 11) is 0. The molecule has 0 radical (unpaired) electrons. The molecule has 0 aliphatic carbocycles. The number of para-hydroxylation sites is 1. The Morgan fingerprint density at radius 3 is 3.04 bits per heavy atom. The Morgan fingerprint density at radius 1 is 1.30 bits per heavy atom. The second-order valence-corrected chi connectivity index (χ2v) is 6.78. The summed E-state index contributed by atoms with van der Waals surface area (Å²) in [5.74, 6) is 0. The minimum Gasteiger partial charge on any atom is -0.371 e. The number of ether oxygens (including phenoxy) is 1. The smallest absolute Gasteiger partial charge is 0.0945 e. The molecule has 1 aromatic carbocycles. The maximum absolute atomic E-state index is 6.24. The molecule has 1 spiro atoms. The van der Waals surface area contributed by atoms with E-state index in [1.165, 1.54) is 0 Å². The van der Waals surface area contributed by atoms with Crippen molar-refractivity contribution in [2.24, 2.45) is 0 Å². The molecule has 4 rings (SSSR count). The molecule has 2 aliphatic rings. The Bertz CT molecular complexity index is 681. The lowest BCUT2D eigenvalue weighted by Gasteiger charge is -2.34. The van der Waals surface area contributed by atoms with E-state index in [1.54, 1.807) is 0 Å². The highest BCUT2D eigenvalue weighted by atomic mass is 35.5. The molecule has 2 fully saturated rings. The number of aromatic nitrogens is 2. The van der Waals surface area contributed by atoms with Crippen LogP contribution in [0.2, 0.25) is 5.02 Å². The molecule has 1 N–H and O–H groups in total. The van der Waals surface area contributed by atoms with Crippen molar-refractivity contribution in [3.8, 4) is 5.69 Å². The van der Waals surface area contributed by atoms with E-state index in [4.69, 9.17) is 16.3 Å². The van der Waals surface area contributed by atoms with Crippen molar-refractivity contribution in [3.63, 3.8) is 0 Å². The van der Waals surface area contributed by atoms with Crippen LogP contribution in [0.15, 0.2) is 36.5 Å². The molecule has 2 aliphatic heterocycles. The van der Waals surface area contributed by atoms with Crippen LogP contribution in [-0.4, -0.2) is 53.1 Å². The van der Waals surface area contributed by atoms with Gasteiger partial charge in [0.05, 0.1) is 28.6 Å². The molecule has 1 unspecified atom stereocenters. The van der Waals surface area contributed by atoms with Crippen molar-refractivity contribution in [1.82, 2.24) is 20.0 Å². The number of nitrogens with one attached hydrogen (secondary N) is 1. The van der Waals surface area contributed by atoms with Gasteiger partial charge in [0, 0.05) is 38.9 Å². The van der Waals surface area contributed by atoms with Crippen LogP contribution in [0.4, 0.5) is 0 Å². The quantitative estimate of drug-likeness (QED) is 0.934. The summed E-state index contributed by atoms with van der Waals surface area (Å²) < 4.78 is 7.89. The molecular formula is C17H21ClN4O. The lowest BCUT2D eigenvalue weighted by atomic mass is 10.0. The van der Waals surface area contributed by atoms with Crippen molar-refractivity contribution in [1.29, 1.82) is 0 Å². The van der Waals surface area contributed by atoms with Crippen LogP contribution >= 0.6 is 11.6 Å². The fraction of sp³-hybridized carbons (Fsp3) is 0.471. The molecule has 2 aromatic rings. The first-order chi connectivity index (χ1) is 11.2. The van der Waals surface area contributed by atoms with Crippen LogP contribution in [0.3, 0.4) is 0 Å². The van der Waals surface area contributed by atoms with Gasteiger partial charge in [0.15, 0.2) is 0 Å². The maximum Gasteiger partial charge on any atom is 0.0945 e. The first kappa shape index (κ1) is 15.1. The number of nitrogens with zero attached hydrogens (tertiary/aromatic N) is 3. The normalized spacial score (nSPS) is 25.3. The van der Waals surface area contributed by atoms with Crippen LogP contribution in [0.1, 0.15) is 12.1 Å². The number of likely N-dealkylation sites (tertiary alicyclic amines) is 1. The van der Waals surface area contributed by atoms with Gasteiger partial charge < -0.3 is 10.1 Å². The SMILES string of the molecule is Clc1ccccc1-n1ccc(CN2CCC3(CNCCO3)C2)n1. The standard InChI is InChI=1S/C17H21ClN4O/c18-15-3-1-2-4-16(15)22-8-5-14(20-22)11-21-9-6-17(13-21)12-19-7-10-23-17/h1-5,8,19H,6-7,9-13H2. The van der Waals surface area contributed by atoms with E-state index in [0.717, 1.165) is 57.1 Å². The van der Waals surface area contributed by atoms with Crippen molar-refractivity contribution in [2.45, 2.75) is 18.6 Å². The highest BCUT2D eigenvalue weighted by Crippen LogP contribution is 2.27. The van der Waals surface area contributed by atoms with Gasteiger partial charge in [-0.25, -0.2) is 4.68 Å². The zero-order valence-electron chi connectivity index (χ0n) is 13.0. The minimum absolute atomic E-state index is 0.00353.